The summed E-state index contributed by atoms with van der Waals surface area (Å²) in [5, 5.41) is 0. The van der Waals surface area contributed by atoms with Gasteiger partial charge in [0.2, 0.25) is 0 Å². The first-order chi connectivity index (χ1) is 10.3. The van der Waals surface area contributed by atoms with E-state index in [-0.39, 0.29) is 6.61 Å². The number of hydrogen-bond acceptors (Lipinski definition) is 6. The SMILES string of the molecule is C=C(C)C(=O)OCCOCCOCCOCCO[Si](C)(C)C. The van der Waals surface area contributed by atoms with E-state index in [4.69, 9.17) is 23.4 Å². The lowest BCUT2D eigenvalue weighted by atomic mass is 10.4. The van der Waals surface area contributed by atoms with Gasteiger partial charge in [0.15, 0.2) is 8.32 Å². The van der Waals surface area contributed by atoms with Gasteiger partial charge in [-0.25, -0.2) is 4.79 Å². The Hall–Kier alpha value is -0.733. The number of esters is 1. The van der Waals surface area contributed by atoms with Crippen LogP contribution in [0.5, 0.6) is 0 Å². The van der Waals surface area contributed by atoms with Crippen LogP contribution in [0, 0.1) is 0 Å². The molecule has 0 spiro atoms. The van der Waals surface area contributed by atoms with Gasteiger partial charge in [-0.05, 0) is 26.6 Å². The molecular formula is C15H30O6Si. The van der Waals surface area contributed by atoms with Crippen molar-refractivity contribution in [2.45, 2.75) is 26.6 Å². The number of rotatable bonds is 14. The Balaban J connectivity index is 3.15. The van der Waals surface area contributed by atoms with Crippen molar-refractivity contribution >= 4 is 14.3 Å². The average Bonchev–Trinajstić information content (AvgIpc) is 2.42. The zero-order chi connectivity index (χ0) is 16.8. The van der Waals surface area contributed by atoms with Crippen LogP contribution < -0.4 is 0 Å². The quantitative estimate of drug-likeness (QED) is 0.210. The van der Waals surface area contributed by atoms with Gasteiger partial charge in [0.25, 0.3) is 0 Å². The maximum Gasteiger partial charge on any atom is 0.333 e. The monoisotopic (exact) mass is 334 g/mol. The maximum absolute atomic E-state index is 11.1. The maximum atomic E-state index is 11.1. The van der Waals surface area contributed by atoms with E-state index in [1.165, 1.54) is 0 Å². The second-order valence-corrected chi connectivity index (χ2v) is 10.2. The van der Waals surface area contributed by atoms with Gasteiger partial charge in [-0.2, -0.15) is 0 Å². The topological polar surface area (TPSA) is 63.2 Å². The van der Waals surface area contributed by atoms with E-state index in [1.54, 1.807) is 6.92 Å². The fraction of sp³-hybridized carbons (Fsp3) is 0.800. The normalized spacial score (nSPS) is 11.5. The minimum atomic E-state index is -1.43. The smallest absolute Gasteiger partial charge is 0.333 e. The molecule has 0 saturated heterocycles. The molecule has 0 aliphatic heterocycles. The van der Waals surface area contributed by atoms with Crippen LogP contribution in [0.1, 0.15) is 6.92 Å². The minimum absolute atomic E-state index is 0.228. The molecule has 0 unspecified atom stereocenters. The summed E-state index contributed by atoms with van der Waals surface area (Å²) in [7, 11) is -1.43. The first-order valence-electron chi connectivity index (χ1n) is 7.53. The van der Waals surface area contributed by atoms with Gasteiger partial charge >= 0.3 is 5.97 Å². The molecule has 6 nitrogen and oxygen atoms in total. The van der Waals surface area contributed by atoms with Crippen LogP contribution in [0.3, 0.4) is 0 Å². The van der Waals surface area contributed by atoms with Crippen LogP contribution in [0.4, 0.5) is 0 Å². The molecule has 0 fully saturated rings. The highest BCUT2D eigenvalue weighted by Gasteiger charge is 2.12. The molecule has 7 heteroatoms. The molecule has 0 radical (unpaired) electrons. The first-order valence-corrected chi connectivity index (χ1v) is 10.9. The highest BCUT2D eigenvalue weighted by atomic mass is 28.4. The van der Waals surface area contributed by atoms with Crippen molar-refractivity contribution in [3.63, 3.8) is 0 Å². The zero-order valence-electron chi connectivity index (χ0n) is 14.3. The first kappa shape index (κ1) is 21.3. The molecule has 130 valence electrons. The summed E-state index contributed by atoms with van der Waals surface area (Å²) >= 11 is 0. The van der Waals surface area contributed by atoms with E-state index >= 15 is 0 Å². The van der Waals surface area contributed by atoms with Gasteiger partial charge in [-0.1, -0.05) is 6.58 Å². The molecule has 22 heavy (non-hydrogen) atoms. The fourth-order valence-electron chi connectivity index (χ4n) is 1.27. The third kappa shape index (κ3) is 15.7. The molecule has 0 aliphatic rings. The summed E-state index contributed by atoms with van der Waals surface area (Å²) in [5.41, 5.74) is 0.388. The summed E-state index contributed by atoms with van der Waals surface area (Å²) in [6.07, 6.45) is 0. The van der Waals surface area contributed by atoms with E-state index in [0.29, 0.717) is 51.8 Å². The molecule has 0 N–H and O–H groups in total. The van der Waals surface area contributed by atoms with E-state index in [1.807, 2.05) is 0 Å². The fourth-order valence-corrected chi connectivity index (χ4v) is 1.96. The molecule has 0 aromatic heterocycles. The summed E-state index contributed by atoms with van der Waals surface area (Å²) in [6.45, 7) is 15.4. The van der Waals surface area contributed by atoms with E-state index < -0.39 is 14.3 Å². The van der Waals surface area contributed by atoms with Crippen LogP contribution in [0.2, 0.25) is 19.6 Å². The molecule has 0 aromatic rings. The van der Waals surface area contributed by atoms with Gasteiger partial charge in [-0.15, -0.1) is 0 Å². The number of ether oxygens (including phenoxy) is 4. The van der Waals surface area contributed by atoms with Crippen LogP contribution >= 0.6 is 0 Å². The average molecular weight is 334 g/mol. The molecule has 0 saturated carbocycles. The second kappa shape index (κ2) is 12.8. The largest absolute Gasteiger partial charge is 0.460 e. The van der Waals surface area contributed by atoms with Gasteiger partial charge in [-0.3, -0.25) is 0 Å². The van der Waals surface area contributed by atoms with E-state index in [9.17, 15) is 4.79 Å². The van der Waals surface area contributed by atoms with Gasteiger partial charge in [0.05, 0.1) is 46.2 Å². The summed E-state index contributed by atoms with van der Waals surface area (Å²) in [6, 6.07) is 0. The lowest BCUT2D eigenvalue weighted by Gasteiger charge is -2.16. The standard InChI is InChI=1S/C15H30O6Si/c1-14(2)15(16)20-12-10-18-8-6-17-7-9-19-11-13-21-22(3,4)5/h1,6-13H2,2-5H3. The molecule has 0 atom stereocenters. The van der Waals surface area contributed by atoms with Crippen molar-refractivity contribution in [3.05, 3.63) is 12.2 Å². The predicted molar refractivity (Wildman–Crippen MR) is 87.5 cm³/mol. The van der Waals surface area contributed by atoms with Crippen LogP contribution in [-0.2, 0) is 28.2 Å². The molecule has 0 heterocycles. The molecule has 0 amide bonds. The van der Waals surface area contributed by atoms with Crippen LogP contribution in [0.25, 0.3) is 0 Å². The second-order valence-electron chi connectivity index (χ2n) is 5.71. The Morgan fingerprint density at radius 1 is 0.818 bits per heavy atom. The lowest BCUT2D eigenvalue weighted by Crippen LogP contribution is -2.27. The van der Waals surface area contributed by atoms with Crippen molar-refractivity contribution in [1.29, 1.82) is 0 Å². The highest BCUT2D eigenvalue weighted by molar-refractivity contribution is 6.69. The van der Waals surface area contributed by atoms with E-state index in [0.717, 1.165) is 0 Å². The Labute approximate surface area is 134 Å². The third-order valence-electron chi connectivity index (χ3n) is 2.32. The van der Waals surface area contributed by atoms with Crippen molar-refractivity contribution in [3.8, 4) is 0 Å². The Morgan fingerprint density at radius 2 is 1.23 bits per heavy atom. The van der Waals surface area contributed by atoms with Gasteiger partial charge in [0.1, 0.15) is 6.61 Å². The van der Waals surface area contributed by atoms with Crippen molar-refractivity contribution < 1.29 is 28.2 Å². The summed E-state index contributed by atoms with van der Waals surface area (Å²) in [4.78, 5) is 11.1. The Morgan fingerprint density at radius 3 is 1.64 bits per heavy atom. The van der Waals surface area contributed by atoms with Crippen LogP contribution in [0.15, 0.2) is 12.2 Å². The number of carbonyl (C=O) groups excluding carboxylic acids is 1. The predicted octanol–water partition coefficient (Wildman–Crippen LogP) is 2.01. The zero-order valence-corrected chi connectivity index (χ0v) is 15.3. The highest BCUT2D eigenvalue weighted by Crippen LogP contribution is 2.01. The number of hydrogen-bond donors (Lipinski definition) is 0. The molecule has 0 rings (SSSR count). The molecule has 0 aromatic carbocycles. The Kier molecular flexibility index (Phi) is 12.3. The van der Waals surface area contributed by atoms with Gasteiger partial charge < -0.3 is 23.4 Å². The Bertz CT molecular complexity index is 314. The van der Waals surface area contributed by atoms with Crippen molar-refractivity contribution in [1.82, 2.24) is 0 Å². The van der Waals surface area contributed by atoms with Gasteiger partial charge in [0, 0.05) is 5.57 Å². The number of carbonyl (C=O) groups is 1. The van der Waals surface area contributed by atoms with Crippen molar-refractivity contribution in [2.24, 2.45) is 0 Å². The third-order valence-corrected chi connectivity index (χ3v) is 3.39. The molecule has 0 aliphatic carbocycles. The summed E-state index contributed by atoms with van der Waals surface area (Å²) < 4.78 is 26.5. The lowest BCUT2D eigenvalue weighted by molar-refractivity contribution is -0.140. The van der Waals surface area contributed by atoms with Crippen molar-refractivity contribution in [2.75, 3.05) is 52.9 Å². The molecule has 0 bridgehead atoms. The molecular weight excluding hydrogens is 304 g/mol. The minimum Gasteiger partial charge on any atom is -0.460 e. The van der Waals surface area contributed by atoms with E-state index in [2.05, 4.69) is 26.2 Å². The van der Waals surface area contributed by atoms with Crippen LogP contribution in [-0.4, -0.2) is 67.1 Å². The summed E-state index contributed by atoms with van der Waals surface area (Å²) in [5.74, 6) is -0.393.